The number of nitro benzene ring substituents is 1. The number of benzene rings is 2. The van der Waals surface area contributed by atoms with E-state index in [1.54, 1.807) is 6.07 Å². The number of nitro groups is 1. The molecule has 0 fully saturated rings. The lowest BCUT2D eigenvalue weighted by molar-refractivity contribution is -0.384. The van der Waals surface area contributed by atoms with Gasteiger partial charge in [0, 0.05) is 42.9 Å². The second kappa shape index (κ2) is 7.92. The summed E-state index contributed by atoms with van der Waals surface area (Å²) in [6, 6.07) is 12.4. The Labute approximate surface area is 148 Å². The first-order valence-corrected chi connectivity index (χ1v) is 8.17. The van der Waals surface area contributed by atoms with Gasteiger partial charge >= 0.3 is 0 Å². The Morgan fingerprint density at radius 2 is 1.92 bits per heavy atom. The summed E-state index contributed by atoms with van der Waals surface area (Å²) in [4.78, 5) is 24.4. The van der Waals surface area contributed by atoms with E-state index in [1.807, 2.05) is 36.2 Å². The first kappa shape index (κ1) is 17.9. The van der Waals surface area contributed by atoms with Crippen LogP contribution in [0.25, 0.3) is 0 Å². The summed E-state index contributed by atoms with van der Waals surface area (Å²) >= 11 is 3.40. The van der Waals surface area contributed by atoms with Crippen molar-refractivity contribution in [3.05, 3.63) is 68.2 Å². The second-order valence-corrected chi connectivity index (χ2v) is 6.25. The van der Waals surface area contributed by atoms with Crippen LogP contribution in [0.4, 0.5) is 11.4 Å². The normalized spacial score (nSPS) is 10.3. The molecule has 0 aliphatic heterocycles. The summed E-state index contributed by atoms with van der Waals surface area (Å²) in [6.07, 6.45) is 0.800. The molecule has 0 atom stereocenters. The van der Waals surface area contributed by atoms with Gasteiger partial charge in [0.1, 0.15) is 0 Å². The molecule has 0 heterocycles. The van der Waals surface area contributed by atoms with Crippen molar-refractivity contribution in [1.29, 1.82) is 0 Å². The number of anilines is 1. The van der Waals surface area contributed by atoms with Crippen molar-refractivity contribution < 1.29 is 9.72 Å². The highest BCUT2D eigenvalue weighted by Gasteiger charge is 2.18. The van der Waals surface area contributed by atoms with Gasteiger partial charge in [-0.3, -0.25) is 14.9 Å². The molecular weight excluding hydrogens is 374 g/mol. The maximum atomic E-state index is 12.1. The third-order valence-electron chi connectivity index (χ3n) is 3.72. The van der Waals surface area contributed by atoms with E-state index in [1.165, 1.54) is 24.7 Å². The van der Waals surface area contributed by atoms with Crippen molar-refractivity contribution in [2.45, 2.75) is 6.42 Å². The lowest BCUT2D eigenvalue weighted by Gasteiger charge is -2.22. The van der Waals surface area contributed by atoms with Crippen LogP contribution in [0.5, 0.6) is 0 Å². The first-order chi connectivity index (χ1) is 11.4. The van der Waals surface area contributed by atoms with Crippen molar-refractivity contribution in [1.82, 2.24) is 5.32 Å². The molecule has 0 radical (unpaired) electrons. The zero-order valence-corrected chi connectivity index (χ0v) is 15.0. The quantitative estimate of drug-likeness (QED) is 0.604. The van der Waals surface area contributed by atoms with Crippen LogP contribution in [0, 0.1) is 10.1 Å². The van der Waals surface area contributed by atoms with Crippen LogP contribution in [0.1, 0.15) is 15.9 Å². The lowest BCUT2D eigenvalue weighted by Crippen LogP contribution is -2.26. The van der Waals surface area contributed by atoms with Gasteiger partial charge in [-0.15, -0.1) is 0 Å². The Morgan fingerprint density at radius 1 is 1.25 bits per heavy atom. The van der Waals surface area contributed by atoms with Crippen molar-refractivity contribution in [3.8, 4) is 0 Å². The zero-order valence-electron chi connectivity index (χ0n) is 13.5. The monoisotopic (exact) mass is 391 g/mol. The average Bonchev–Trinajstić information content (AvgIpc) is 2.59. The molecule has 2 rings (SSSR count). The summed E-state index contributed by atoms with van der Waals surface area (Å²) in [5.41, 5.74) is 2.04. The molecule has 0 spiro atoms. The third-order valence-corrected chi connectivity index (χ3v) is 4.25. The van der Waals surface area contributed by atoms with E-state index < -0.39 is 4.92 Å². The van der Waals surface area contributed by atoms with Gasteiger partial charge in [-0.1, -0.05) is 28.1 Å². The molecule has 1 N–H and O–H groups in total. The minimum absolute atomic E-state index is 0.0985. The maximum absolute atomic E-state index is 12.1. The van der Waals surface area contributed by atoms with E-state index in [0.29, 0.717) is 17.8 Å². The van der Waals surface area contributed by atoms with Gasteiger partial charge in [0.25, 0.3) is 11.6 Å². The predicted octanol–water partition coefficient (Wildman–Crippen LogP) is 3.40. The summed E-state index contributed by atoms with van der Waals surface area (Å²) in [7, 11) is 3.37. The van der Waals surface area contributed by atoms with Gasteiger partial charge in [0.2, 0.25) is 0 Å². The maximum Gasteiger partial charge on any atom is 0.270 e. The van der Waals surface area contributed by atoms with Crippen LogP contribution in [0.2, 0.25) is 0 Å². The topological polar surface area (TPSA) is 75.5 Å². The number of carbonyl (C=O) groups is 1. The number of carbonyl (C=O) groups excluding carboxylic acids is 1. The zero-order chi connectivity index (χ0) is 17.7. The Balaban J connectivity index is 2.20. The Kier molecular flexibility index (Phi) is 5.92. The van der Waals surface area contributed by atoms with Crippen LogP contribution in [-0.4, -0.2) is 31.5 Å². The molecule has 6 nitrogen and oxygen atoms in total. The van der Waals surface area contributed by atoms with Crippen molar-refractivity contribution >= 4 is 33.2 Å². The van der Waals surface area contributed by atoms with E-state index in [9.17, 15) is 14.9 Å². The van der Waals surface area contributed by atoms with Crippen LogP contribution >= 0.6 is 15.9 Å². The Morgan fingerprint density at radius 3 is 2.50 bits per heavy atom. The van der Waals surface area contributed by atoms with Crippen LogP contribution in [-0.2, 0) is 6.42 Å². The summed E-state index contributed by atoms with van der Waals surface area (Å²) < 4.78 is 1.02. The second-order valence-electron chi connectivity index (χ2n) is 5.34. The number of non-ortho nitro benzene ring substituents is 1. The number of halogens is 1. The molecule has 24 heavy (non-hydrogen) atoms. The minimum Gasteiger partial charge on any atom is -0.374 e. The highest BCUT2D eigenvalue weighted by molar-refractivity contribution is 9.10. The van der Waals surface area contributed by atoms with Crippen LogP contribution in [0.15, 0.2) is 46.9 Å². The van der Waals surface area contributed by atoms with Gasteiger partial charge in [-0.25, -0.2) is 0 Å². The lowest BCUT2D eigenvalue weighted by atomic mass is 10.1. The number of likely N-dealkylation sites (N-methyl/N-ethyl adjacent to an activating group) is 1. The Bertz CT molecular complexity index is 747. The summed E-state index contributed by atoms with van der Waals surface area (Å²) in [5, 5.41) is 13.5. The smallest absolute Gasteiger partial charge is 0.270 e. The van der Waals surface area contributed by atoms with Crippen molar-refractivity contribution in [2.75, 3.05) is 25.5 Å². The van der Waals surface area contributed by atoms with Gasteiger partial charge in [-0.05, 0) is 30.2 Å². The molecule has 2 aromatic carbocycles. The van der Waals surface area contributed by atoms with Gasteiger partial charge in [0.15, 0.2) is 0 Å². The van der Waals surface area contributed by atoms with E-state index in [4.69, 9.17) is 0 Å². The minimum atomic E-state index is -0.502. The highest BCUT2D eigenvalue weighted by Crippen LogP contribution is 2.25. The molecule has 0 aliphatic rings. The molecule has 1 amide bonds. The molecule has 0 aromatic heterocycles. The predicted molar refractivity (Wildman–Crippen MR) is 97.6 cm³/mol. The molecule has 7 heteroatoms. The number of nitrogens with one attached hydrogen (secondary N) is 1. The molecule has 2 aromatic rings. The van der Waals surface area contributed by atoms with E-state index in [0.717, 1.165) is 10.9 Å². The fraction of sp³-hybridized carbons (Fsp3) is 0.235. The van der Waals surface area contributed by atoms with Gasteiger partial charge in [-0.2, -0.15) is 0 Å². The van der Waals surface area contributed by atoms with Crippen LogP contribution < -0.4 is 10.2 Å². The molecule has 0 aliphatic carbocycles. The number of hydrogen-bond donors (Lipinski definition) is 1. The fourth-order valence-corrected chi connectivity index (χ4v) is 2.62. The number of rotatable bonds is 6. The van der Waals surface area contributed by atoms with Crippen molar-refractivity contribution in [3.63, 3.8) is 0 Å². The van der Waals surface area contributed by atoms with Crippen molar-refractivity contribution in [2.24, 2.45) is 0 Å². The number of amides is 1. The van der Waals surface area contributed by atoms with E-state index in [2.05, 4.69) is 21.2 Å². The number of nitrogens with zero attached hydrogens (tertiary/aromatic N) is 2. The molecular formula is C17H18BrN3O3. The molecule has 0 saturated heterocycles. The first-order valence-electron chi connectivity index (χ1n) is 7.38. The Hall–Kier alpha value is -2.41. The van der Waals surface area contributed by atoms with Gasteiger partial charge in [0.05, 0.1) is 10.5 Å². The standard InChI is InChI=1S/C17H18BrN3O3/c1-19-17(22)15-11-14(21(23)24)7-8-16(15)20(2)10-9-12-3-5-13(18)6-4-12/h3-8,11H,9-10H2,1-2H3,(H,19,22). The fourth-order valence-electron chi connectivity index (χ4n) is 2.36. The summed E-state index contributed by atoms with van der Waals surface area (Å²) in [6.45, 7) is 0.684. The number of hydrogen-bond acceptors (Lipinski definition) is 4. The average molecular weight is 392 g/mol. The van der Waals surface area contributed by atoms with E-state index in [-0.39, 0.29) is 11.6 Å². The summed E-state index contributed by atoms with van der Waals surface area (Å²) in [5.74, 6) is -0.343. The molecule has 0 unspecified atom stereocenters. The van der Waals surface area contributed by atoms with E-state index >= 15 is 0 Å². The largest absolute Gasteiger partial charge is 0.374 e. The molecule has 0 bridgehead atoms. The van der Waals surface area contributed by atoms with Gasteiger partial charge < -0.3 is 10.2 Å². The molecule has 126 valence electrons. The highest BCUT2D eigenvalue weighted by atomic mass is 79.9. The molecule has 0 saturated carbocycles. The third kappa shape index (κ3) is 4.32. The SMILES string of the molecule is CNC(=O)c1cc([N+](=O)[O-])ccc1N(C)CCc1ccc(Br)cc1. The van der Waals surface area contributed by atoms with Crippen LogP contribution in [0.3, 0.4) is 0 Å².